The lowest BCUT2D eigenvalue weighted by Gasteiger charge is -2.34. The fourth-order valence-corrected chi connectivity index (χ4v) is 3.21. The predicted octanol–water partition coefficient (Wildman–Crippen LogP) is 1.96. The first kappa shape index (κ1) is 17.0. The van der Waals surface area contributed by atoms with Crippen LogP contribution in [0.2, 0.25) is 0 Å². The molecule has 1 aromatic heterocycles. The summed E-state index contributed by atoms with van der Waals surface area (Å²) in [4.78, 5) is 25.8. The number of rotatable bonds is 5. The fourth-order valence-electron chi connectivity index (χ4n) is 3.21. The van der Waals surface area contributed by atoms with Crippen molar-refractivity contribution in [1.29, 1.82) is 0 Å². The topological polar surface area (TPSA) is 101 Å². The Labute approximate surface area is 146 Å². The molecule has 0 saturated carbocycles. The third kappa shape index (κ3) is 3.81. The number of aromatic amines is 1. The van der Waals surface area contributed by atoms with Crippen molar-refractivity contribution in [2.45, 2.75) is 31.7 Å². The molecule has 1 aliphatic rings. The molecule has 7 heteroatoms. The Bertz CT molecular complexity index is 754. The molecule has 1 fully saturated rings. The van der Waals surface area contributed by atoms with Crippen LogP contribution < -0.4 is 10.5 Å². The van der Waals surface area contributed by atoms with Gasteiger partial charge in [-0.1, -0.05) is 0 Å². The molecule has 3 N–H and O–H groups in total. The zero-order valence-electron chi connectivity index (χ0n) is 14.2. The Morgan fingerprint density at radius 3 is 2.76 bits per heavy atom. The molecule has 1 atom stereocenters. The number of likely N-dealkylation sites (tertiary alicyclic amines) is 1. The van der Waals surface area contributed by atoms with Gasteiger partial charge in [-0.2, -0.15) is 5.10 Å². The molecule has 2 heterocycles. The fraction of sp³-hybridized carbons (Fsp3) is 0.389. The van der Waals surface area contributed by atoms with Gasteiger partial charge in [0.05, 0.1) is 12.8 Å². The van der Waals surface area contributed by atoms with E-state index in [-0.39, 0.29) is 24.3 Å². The largest absolute Gasteiger partial charge is 0.497 e. The first-order valence-electron chi connectivity index (χ1n) is 8.37. The van der Waals surface area contributed by atoms with Crippen molar-refractivity contribution < 1.29 is 14.3 Å². The molecular weight excluding hydrogens is 320 g/mol. The van der Waals surface area contributed by atoms with Crippen molar-refractivity contribution in [3.63, 3.8) is 0 Å². The molecule has 1 aromatic carbocycles. The van der Waals surface area contributed by atoms with Gasteiger partial charge in [0.1, 0.15) is 11.4 Å². The highest BCUT2D eigenvalue weighted by atomic mass is 16.5. The maximum Gasteiger partial charge on any atom is 0.272 e. The van der Waals surface area contributed by atoms with Crippen molar-refractivity contribution in [3.8, 4) is 17.0 Å². The second kappa shape index (κ2) is 7.38. The van der Waals surface area contributed by atoms with Crippen molar-refractivity contribution in [1.82, 2.24) is 15.1 Å². The minimum atomic E-state index is -0.381. The monoisotopic (exact) mass is 342 g/mol. The highest BCUT2D eigenvalue weighted by Crippen LogP contribution is 2.24. The zero-order chi connectivity index (χ0) is 17.8. The summed E-state index contributed by atoms with van der Waals surface area (Å²) in [5, 5.41) is 7.05. The Balaban J connectivity index is 1.77. The molecular formula is C18H22N4O3. The number of aromatic nitrogens is 2. The van der Waals surface area contributed by atoms with E-state index in [4.69, 9.17) is 10.5 Å². The van der Waals surface area contributed by atoms with Crippen LogP contribution in [0.4, 0.5) is 0 Å². The summed E-state index contributed by atoms with van der Waals surface area (Å²) in [6.45, 7) is 0.633. The van der Waals surface area contributed by atoms with E-state index in [2.05, 4.69) is 10.2 Å². The molecule has 2 amide bonds. The van der Waals surface area contributed by atoms with Crippen LogP contribution in [0.25, 0.3) is 11.3 Å². The lowest BCUT2D eigenvalue weighted by atomic mass is 9.98. The number of nitrogens with one attached hydrogen (secondary N) is 1. The molecule has 0 aliphatic carbocycles. The van der Waals surface area contributed by atoms with Crippen LogP contribution in [0.15, 0.2) is 30.3 Å². The maximum absolute atomic E-state index is 12.8. The third-order valence-corrected chi connectivity index (χ3v) is 4.52. The summed E-state index contributed by atoms with van der Waals surface area (Å²) in [5.74, 6) is 0.240. The molecule has 0 radical (unpaired) electrons. The first-order chi connectivity index (χ1) is 12.1. The number of H-pyrrole nitrogens is 1. The predicted molar refractivity (Wildman–Crippen MR) is 93.1 cm³/mol. The molecule has 132 valence electrons. The normalized spacial score (nSPS) is 17.3. The lowest BCUT2D eigenvalue weighted by Crippen LogP contribution is -2.45. The van der Waals surface area contributed by atoms with Crippen LogP contribution in [-0.4, -0.2) is 46.6 Å². The van der Waals surface area contributed by atoms with E-state index in [0.29, 0.717) is 17.9 Å². The number of nitrogens with two attached hydrogens (primary N) is 1. The van der Waals surface area contributed by atoms with E-state index >= 15 is 0 Å². The number of piperidine rings is 1. The summed E-state index contributed by atoms with van der Waals surface area (Å²) in [7, 11) is 1.61. The number of carbonyl (C=O) groups is 2. The van der Waals surface area contributed by atoms with Crippen LogP contribution in [0.1, 0.15) is 36.2 Å². The highest BCUT2D eigenvalue weighted by Gasteiger charge is 2.29. The van der Waals surface area contributed by atoms with Crippen LogP contribution in [-0.2, 0) is 4.79 Å². The van der Waals surface area contributed by atoms with Gasteiger partial charge in [-0.15, -0.1) is 0 Å². The van der Waals surface area contributed by atoms with E-state index in [9.17, 15) is 9.59 Å². The smallest absolute Gasteiger partial charge is 0.272 e. The molecule has 3 rings (SSSR count). The molecule has 1 aliphatic heterocycles. The number of hydrogen-bond acceptors (Lipinski definition) is 4. The summed E-state index contributed by atoms with van der Waals surface area (Å²) in [5.41, 5.74) is 7.32. The van der Waals surface area contributed by atoms with E-state index in [1.807, 2.05) is 24.3 Å². The average molecular weight is 342 g/mol. The SMILES string of the molecule is COc1ccc(-c2cc(C(=O)N3CCCC[C@@H]3CC(N)=O)[nH]n2)cc1. The van der Waals surface area contributed by atoms with Gasteiger partial charge < -0.3 is 15.4 Å². The summed E-state index contributed by atoms with van der Waals surface area (Å²) < 4.78 is 5.14. The Morgan fingerprint density at radius 1 is 1.32 bits per heavy atom. The number of benzene rings is 1. The molecule has 0 unspecified atom stereocenters. The van der Waals surface area contributed by atoms with Crippen LogP contribution in [0.3, 0.4) is 0 Å². The lowest BCUT2D eigenvalue weighted by molar-refractivity contribution is -0.119. The van der Waals surface area contributed by atoms with Crippen molar-refractivity contribution in [2.75, 3.05) is 13.7 Å². The van der Waals surface area contributed by atoms with Crippen LogP contribution in [0, 0.1) is 0 Å². The Kier molecular flexibility index (Phi) is 5.02. The van der Waals surface area contributed by atoms with Gasteiger partial charge in [-0.05, 0) is 49.6 Å². The van der Waals surface area contributed by atoms with Gasteiger partial charge in [0.25, 0.3) is 5.91 Å². The van der Waals surface area contributed by atoms with Crippen molar-refractivity contribution in [2.24, 2.45) is 5.73 Å². The molecule has 0 bridgehead atoms. The van der Waals surface area contributed by atoms with Crippen molar-refractivity contribution >= 4 is 11.8 Å². The third-order valence-electron chi connectivity index (χ3n) is 4.52. The van der Waals surface area contributed by atoms with E-state index in [1.54, 1.807) is 18.1 Å². The summed E-state index contributed by atoms with van der Waals surface area (Å²) in [6, 6.07) is 9.07. The van der Waals surface area contributed by atoms with Crippen LogP contribution in [0.5, 0.6) is 5.75 Å². The van der Waals surface area contributed by atoms with Gasteiger partial charge in [-0.3, -0.25) is 14.7 Å². The van der Waals surface area contributed by atoms with Crippen LogP contribution >= 0.6 is 0 Å². The minimum Gasteiger partial charge on any atom is -0.497 e. The molecule has 25 heavy (non-hydrogen) atoms. The number of methoxy groups -OCH3 is 1. The maximum atomic E-state index is 12.8. The number of hydrogen-bond donors (Lipinski definition) is 2. The van der Waals surface area contributed by atoms with Gasteiger partial charge >= 0.3 is 0 Å². The van der Waals surface area contributed by atoms with E-state index in [1.165, 1.54) is 0 Å². The number of carbonyl (C=O) groups excluding carboxylic acids is 2. The van der Waals surface area contributed by atoms with Gasteiger partial charge in [0.15, 0.2) is 0 Å². The molecule has 7 nitrogen and oxygen atoms in total. The number of ether oxygens (including phenoxy) is 1. The molecule has 1 saturated heterocycles. The van der Waals surface area contributed by atoms with Crippen molar-refractivity contribution in [3.05, 3.63) is 36.0 Å². The second-order valence-electron chi connectivity index (χ2n) is 6.21. The Morgan fingerprint density at radius 2 is 2.08 bits per heavy atom. The van der Waals surface area contributed by atoms with Gasteiger partial charge in [0.2, 0.25) is 5.91 Å². The second-order valence-corrected chi connectivity index (χ2v) is 6.21. The number of primary amides is 1. The zero-order valence-corrected chi connectivity index (χ0v) is 14.2. The van der Waals surface area contributed by atoms with Gasteiger partial charge in [-0.25, -0.2) is 0 Å². The average Bonchev–Trinajstić information content (AvgIpc) is 3.11. The van der Waals surface area contributed by atoms with E-state index in [0.717, 1.165) is 30.6 Å². The van der Waals surface area contributed by atoms with E-state index < -0.39 is 0 Å². The number of nitrogens with zero attached hydrogens (tertiary/aromatic N) is 2. The summed E-state index contributed by atoms with van der Waals surface area (Å²) in [6.07, 6.45) is 2.93. The quantitative estimate of drug-likeness (QED) is 0.867. The summed E-state index contributed by atoms with van der Waals surface area (Å²) >= 11 is 0. The Hall–Kier alpha value is -2.83. The molecule has 2 aromatic rings. The van der Waals surface area contributed by atoms with Gasteiger partial charge in [0, 0.05) is 24.6 Å². The highest BCUT2D eigenvalue weighted by molar-refractivity contribution is 5.94. The molecule has 0 spiro atoms. The first-order valence-corrected chi connectivity index (χ1v) is 8.37. The minimum absolute atomic E-state index is 0.133. The standard InChI is InChI=1S/C18H22N4O3/c1-25-14-7-5-12(6-8-14)15-11-16(21-20-15)18(24)22-9-3-2-4-13(22)10-17(19)23/h5-8,11,13H,2-4,9-10H2,1H3,(H2,19,23)(H,20,21)/t13-/m1/s1. The number of amides is 2.